The third-order valence-corrected chi connectivity index (χ3v) is 5.01. The lowest BCUT2D eigenvalue weighted by atomic mass is 9.88. The number of carbonyl (C=O) groups excluding carboxylic acids is 1. The van der Waals surface area contributed by atoms with E-state index < -0.39 is 11.7 Å². The molecule has 1 aliphatic rings. The lowest BCUT2D eigenvalue weighted by Crippen LogP contribution is -2.28. The molecule has 2 heterocycles. The fourth-order valence-corrected chi connectivity index (χ4v) is 3.25. The van der Waals surface area contributed by atoms with Crippen LogP contribution in [-0.2, 0) is 15.2 Å². The predicted molar refractivity (Wildman–Crippen MR) is 110 cm³/mol. The molecule has 2 aromatic carbocycles. The molecule has 0 radical (unpaired) electrons. The van der Waals surface area contributed by atoms with Crippen molar-refractivity contribution in [3.63, 3.8) is 0 Å². The van der Waals surface area contributed by atoms with Gasteiger partial charge in [-0.15, -0.1) is 0 Å². The Bertz CT molecular complexity index is 1020. The van der Waals surface area contributed by atoms with Crippen molar-refractivity contribution in [1.82, 2.24) is 4.98 Å². The number of carbonyl (C=O) groups is 1. The fraction of sp³-hybridized carbons (Fsp3) is 0.174. The van der Waals surface area contributed by atoms with Crippen molar-refractivity contribution in [1.29, 1.82) is 0 Å². The summed E-state index contributed by atoms with van der Waals surface area (Å²) in [7, 11) is 0. The lowest BCUT2D eigenvalue weighted by Gasteiger charge is -2.24. The molecule has 2 unspecified atom stereocenters. The molecular weight excluding hydrogens is 366 g/mol. The molecule has 0 saturated heterocycles. The number of aromatic nitrogens is 1. The molecule has 1 amide bonds. The fourth-order valence-electron chi connectivity index (χ4n) is 3.25. The number of rotatable bonds is 5. The number of pyridine rings is 1. The summed E-state index contributed by atoms with van der Waals surface area (Å²) in [5, 5.41) is 17.8. The van der Waals surface area contributed by atoms with E-state index in [2.05, 4.69) is 15.5 Å². The van der Waals surface area contributed by atoms with Crippen LogP contribution in [0.4, 0.5) is 5.69 Å². The molecule has 0 spiro atoms. The summed E-state index contributed by atoms with van der Waals surface area (Å²) in [4.78, 5) is 21.9. The Morgan fingerprint density at radius 2 is 1.79 bits per heavy atom. The molecule has 0 bridgehead atoms. The summed E-state index contributed by atoms with van der Waals surface area (Å²) >= 11 is 0. The second kappa shape index (κ2) is 7.85. The summed E-state index contributed by atoms with van der Waals surface area (Å²) in [5.41, 5.74) is 2.59. The van der Waals surface area contributed by atoms with E-state index >= 15 is 0 Å². The molecule has 6 nitrogen and oxygen atoms in total. The van der Waals surface area contributed by atoms with Gasteiger partial charge in [-0.2, -0.15) is 0 Å². The number of oxime groups is 1. The predicted octanol–water partition coefficient (Wildman–Crippen LogP) is 3.47. The third kappa shape index (κ3) is 4.02. The summed E-state index contributed by atoms with van der Waals surface area (Å²) in [6, 6.07) is 20.3. The molecule has 146 valence electrons. The normalized spacial score (nSPS) is 17.7. The zero-order valence-electron chi connectivity index (χ0n) is 15.9. The van der Waals surface area contributed by atoms with E-state index in [-0.39, 0.29) is 5.91 Å². The first-order chi connectivity index (χ1) is 14.0. The molecule has 4 rings (SSSR count). The van der Waals surface area contributed by atoms with Crippen LogP contribution in [0.2, 0.25) is 0 Å². The largest absolute Gasteiger partial charge is 0.382 e. The molecule has 0 aliphatic carbocycles. The van der Waals surface area contributed by atoms with E-state index in [1.807, 2.05) is 42.5 Å². The van der Waals surface area contributed by atoms with Crippen molar-refractivity contribution in [2.75, 3.05) is 5.32 Å². The Morgan fingerprint density at radius 3 is 2.48 bits per heavy atom. The SMILES string of the molecule is CC(O)(c1ccccc1)c1ccc(NC(=O)C2CC(c3cccnc3)=NO2)cc1. The first kappa shape index (κ1) is 18.8. The van der Waals surface area contributed by atoms with Crippen LogP contribution >= 0.6 is 0 Å². The minimum Gasteiger partial charge on any atom is -0.382 e. The highest BCUT2D eigenvalue weighted by molar-refractivity contribution is 6.05. The van der Waals surface area contributed by atoms with Gasteiger partial charge in [-0.25, -0.2) is 0 Å². The topological polar surface area (TPSA) is 83.8 Å². The average molecular weight is 387 g/mol. The van der Waals surface area contributed by atoms with Crippen LogP contribution in [0.1, 0.15) is 30.0 Å². The Hall–Kier alpha value is -3.51. The van der Waals surface area contributed by atoms with Gasteiger partial charge in [-0.3, -0.25) is 9.78 Å². The van der Waals surface area contributed by atoms with Crippen LogP contribution in [0.15, 0.2) is 84.3 Å². The second-order valence-electron chi connectivity index (χ2n) is 7.08. The average Bonchev–Trinajstić information content (AvgIpc) is 3.26. The maximum absolute atomic E-state index is 12.5. The van der Waals surface area contributed by atoms with Gasteiger partial charge in [0.2, 0.25) is 6.10 Å². The molecule has 29 heavy (non-hydrogen) atoms. The quantitative estimate of drug-likeness (QED) is 0.702. The molecular formula is C23H21N3O3. The Balaban J connectivity index is 1.40. The summed E-state index contributed by atoms with van der Waals surface area (Å²) in [6.45, 7) is 1.75. The van der Waals surface area contributed by atoms with Crippen molar-refractivity contribution in [3.05, 3.63) is 95.8 Å². The highest BCUT2D eigenvalue weighted by atomic mass is 16.6. The van der Waals surface area contributed by atoms with Gasteiger partial charge in [0.15, 0.2) is 0 Å². The number of nitrogens with zero attached hydrogens (tertiary/aromatic N) is 2. The first-order valence-corrected chi connectivity index (χ1v) is 9.36. The highest BCUT2D eigenvalue weighted by Crippen LogP contribution is 2.29. The Kier molecular flexibility index (Phi) is 5.10. The summed E-state index contributed by atoms with van der Waals surface area (Å²) < 4.78 is 0. The molecule has 1 aromatic heterocycles. The molecule has 2 N–H and O–H groups in total. The highest BCUT2D eigenvalue weighted by Gasteiger charge is 2.29. The van der Waals surface area contributed by atoms with E-state index in [4.69, 9.17) is 4.84 Å². The second-order valence-corrected chi connectivity index (χ2v) is 7.08. The number of aliphatic hydroxyl groups is 1. The van der Waals surface area contributed by atoms with Crippen molar-refractivity contribution in [2.24, 2.45) is 5.16 Å². The van der Waals surface area contributed by atoms with Crippen molar-refractivity contribution >= 4 is 17.3 Å². The smallest absolute Gasteiger partial charge is 0.268 e. The number of benzene rings is 2. The molecule has 3 aromatic rings. The van der Waals surface area contributed by atoms with Gasteiger partial charge >= 0.3 is 0 Å². The molecule has 1 aliphatic heterocycles. The summed E-state index contributed by atoms with van der Waals surface area (Å²) in [6.07, 6.45) is 3.08. The monoisotopic (exact) mass is 387 g/mol. The van der Waals surface area contributed by atoms with E-state index in [9.17, 15) is 9.90 Å². The number of amides is 1. The molecule has 6 heteroatoms. The van der Waals surface area contributed by atoms with E-state index in [0.29, 0.717) is 17.8 Å². The zero-order valence-corrected chi connectivity index (χ0v) is 15.9. The van der Waals surface area contributed by atoms with Crippen molar-refractivity contribution < 1.29 is 14.7 Å². The van der Waals surface area contributed by atoms with Crippen LogP contribution in [0.3, 0.4) is 0 Å². The van der Waals surface area contributed by atoms with Crippen LogP contribution in [0.5, 0.6) is 0 Å². The Morgan fingerprint density at radius 1 is 1.07 bits per heavy atom. The van der Waals surface area contributed by atoms with Crippen LogP contribution in [0, 0.1) is 0 Å². The van der Waals surface area contributed by atoms with Crippen molar-refractivity contribution in [3.8, 4) is 0 Å². The lowest BCUT2D eigenvalue weighted by molar-refractivity contribution is -0.125. The maximum Gasteiger partial charge on any atom is 0.268 e. The number of hydrogen-bond donors (Lipinski definition) is 2. The first-order valence-electron chi connectivity index (χ1n) is 9.36. The summed E-state index contributed by atoms with van der Waals surface area (Å²) in [5.74, 6) is -0.268. The molecule has 0 saturated carbocycles. The van der Waals surface area contributed by atoms with Crippen LogP contribution < -0.4 is 5.32 Å². The number of nitrogens with one attached hydrogen (secondary N) is 1. The maximum atomic E-state index is 12.5. The zero-order chi connectivity index (χ0) is 20.3. The van der Waals surface area contributed by atoms with Gasteiger partial charge in [0.05, 0.1) is 5.71 Å². The molecule has 2 atom stereocenters. The third-order valence-electron chi connectivity index (χ3n) is 5.01. The van der Waals surface area contributed by atoms with Gasteiger partial charge in [0, 0.05) is 30.1 Å². The minimum atomic E-state index is -1.12. The van der Waals surface area contributed by atoms with Gasteiger partial charge in [0.1, 0.15) is 5.60 Å². The van der Waals surface area contributed by atoms with Crippen LogP contribution in [-0.4, -0.2) is 27.8 Å². The number of anilines is 1. The number of hydrogen-bond acceptors (Lipinski definition) is 5. The van der Waals surface area contributed by atoms with E-state index in [1.54, 1.807) is 43.6 Å². The van der Waals surface area contributed by atoms with E-state index in [1.165, 1.54) is 0 Å². The Labute approximate surface area is 168 Å². The van der Waals surface area contributed by atoms with E-state index in [0.717, 1.165) is 16.7 Å². The van der Waals surface area contributed by atoms with Gasteiger partial charge in [-0.05, 0) is 42.3 Å². The van der Waals surface area contributed by atoms with Crippen molar-refractivity contribution in [2.45, 2.75) is 25.0 Å². The minimum absolute atomic E-state index is 0.268. The standard InChI is InChI=1S/C23H21N3O3/c1-23(28,17-7-3-2-4-8-17)18-9-11-19(12-10-18)25-22(27)21-14-20(26-29-21)16-6-5-13-24-15-16/h2-13,15,21,28H,14H2,1H3,(H,25,27). The van der Waals surface area contributed by atoms with Gasteiger partial charge in [-0.1, -0.05) is 47.6 Å². The molecule has 0 fully saturated rings. The van der Waals surface area contributed by atoms with Crippen LogP contribution in [0.25, 0.3) is 0 Å². The van der Waals surface area contributed by atoms with Gasteiger partial charge in [0.25, 0.3) is 5.91 Å². The van der Waals surface area contributed by atoms with Gasteiger partial charge < -0.3 is 15.3 Å².